The molecule has 0 amide bonds. The molecule has 32 heavy (non-hydrogen) atoms. The summed E-state index contributed by atoms with van der Waals surface area (Å²) in [7, 11) is 3.74. The van der Waals surface area contributed by atoms with Gasteiger partial charge in [0.15, 0.2) is 0 Å². The molecule has 0 unspecified atom stereocenters. The maximum Gasteiger partial charge on any atom is 0.433 e. The second-order valence-electron chi connectivity index (χ2n) is 7.71. The molecule has 4 nitrogen and oxygen atoms in total. The van der Waals surface area contributed by atoms with E-state index in [9.17, 15) is 17.6 Å². The Kier molecular flexibility index (Phi) is 7.22. The molecular formula is C24H24F4N4. The number of aliphatic imine (C=N–C) groups is 1. The zero-order valence-corrected chi connectivity index (χ0v) is 18.1. The first kappa shape index (κ1) is 23.4. The third-order valence-electron chi connectivity index (χ3n) is 5.03. The second-order valence-corrected chi connectivity index (χ2v) is 7.71. The second kappa shape index (κ2) is 9.89. The number of pyridine rings is 2. The quantitative estimate of drug-likeness (QED) is 0.226. The standard InChI is InChI=1S/C24H24F4N4/c1-16-12-17(4-5-18-7-10-21(29-13-18)24(26,27)28)6-8-19(16)14-31-23(32(2)3)20-9-11-22(25)30-15-20/h6-13,15H,4-5,14H2,1-3H3/b31-23-. The number of aryl methyl sites for hydroxylation is 3. The number of amidine groups is 1. The summed E-state index contributed by atoms with van der Waals surface area (Å²) in [5, 5.41) is 0. The molecule has 0 aliphatic heterocycles. The van der Waals surface area contributed by atoms with Gasteiger partial charge in [-0.1, -0.05) is 24.3 Å². The number of alkyl halides is 3. The Morgan fingerprint density at radius 3 is 2.22 bits per heavy atom. The zero-order chi connectivity index (χ0) is 23.3. The molecule has 3 aromatic rings. The minimum atomic E-state index is -4.42. The van der Waals surface area contributed by atoms with Crippen molar-refractivity contribution < 1.29 is 17.6 Å². The lowest BCUT2D eigenvalue weighted by Gasteiger charge is -2.16. The fourth-order valence-electron chi connectivity index (χ4n) is 3.28. The number of aromatic nitrogens is 2. The summed E-state index contributed by atoms with van der Waals surface area (Å²) in [5.41, 5.74) is 3.83. The molecular weight excluding hydrogens is 420 g/mol. The van der Waals surface area contributed by atoms with Crippen LogP contribution in [0.5, 0.6) is 0 Å². The van der Waals surface area contributed by atoms with Gasteiger partial charge in [-0.05, 0) is 60.2 Å². The first-order chi connectivity index (χ1) is 15.1. The van der Waals surface area contributed by atoms with E-state index in [4.69, 9.17) is 0 Å². The molecule has 2 aromatic heterocycles. The molecule has 8 heteroatoms. The van der Waals surface area contributed by atoms with E-state index < -0.39 is 17.8 Å². The van der Waals surface area contributed by atoms with Gasteiger partial charge in [0.25, 0.3) is 0 Å². The van der Waals surface area contributed by atoms with Crippen molar-refractivity contribution in [2.24, 2.45) is 4.99 Å². The highest BCUT2D eigenvalue weighted by Gasteiger charge is 2.31. The molecule has 168 valence electrons. The molecule has 0 saturated heterocycles. The molecule has 0 aliphatic carbocycles. The van der Waals surface area contributed by atoms with Crippen LogP contribution in [0.1, 0.15) is 33.5 Å². The Bertz CT molecular complexity index is 1070. The average Bonchev–Trinajstić information content (AvgIpc) is 2.74. The van der Waals surface area contributed by atoms with Crippen LogP contribution in [0.4, 0.5) is 17.6 Å². The van der Waals surface area contributed by atoms with Gasteiger partial charge in [-0.25, -0.2) is 4.98 Å². The molecule has 0 N–H and O–H groups in total. The van der Waals surface area contributed by atoms with Crippen LogP contribution >= 0.6 is 0 Å². The summed E-state index contributed by atoms with van der Waals surface area (Å²) in [4.78, 5) is 13.7. The normalized spacial score (nSPS) is 12.2. The van der Waals surface area contributed by atoms with Crippen molar-refractivity contribution in [2.45, 2.75) is 32.5 Å². The van der Waals surface area contributed by atoms with Crippen LogP contribution in [-0.4, -0.2) is 34.8 Å². The Hall–Kier alpha value is -3.29. The lowest BCUT2D eigenvalue weighted by Crippen LogP contribution is -2.23. The third-order valence-corrected chi connectivity index (χ3v) is 5.03. The molecule has 0 fully saturated rings. The predicted molar refractivity (Wildman–Crippen MR) is 116 cm³/mol. The Morgan fingerprint density at radius 1 is 0.938 bits per heavy atom. The van der Waals surface area contributed by atoms with Crippen molar-refractivity contribution in [3.63, 3.8) is 0 Å². The maximum absolute atomic E-state index is 13.1. The number of rotatable bonds is 6. The largest absolute Gasteiger partial charge is 0.433 e. The van der Waals surface area contributed by atoms with Crippen LogP contribution in [0.2, 0.25) is 0 Å². The van der Waals surface area contributed by atoms with Crippen LogP contribution in [0.3, 0.4) is 0 Å². The van der Waals surface area contributed by atoms with Gasteiger partial charge in [-0.15, -0.1) is 0 Å². The first-order valence-electron chi connectivity index (χ1n) is 10.1. The van der Waals surface area contributed by atoms with E-state index in [-0.39, 0.29) is 0 Å². The van der Waals surface area contributed by atoms with Crippen molar-refractivity contribution in [3.8, 4) is 0 Å². The van der Waals surface area contributed by atoms with E-state index in [1.807, 2.05) is 38.1 Å². The van der Waals surface area contributed by atoms with Gasteiger partial charge in [-0.2, -0.15) is 17.6 Å². The zero-order valence-electron chi connectivity index (χ0n) is 18.1. The number of hydrogen-bond donors (Lipinski definition) is 0. The minimum Gasteiger partial charge on any atom is -0.362 e. The highest BCUT2D eigenvalue weighted by molar-refractivity contribution is 5.98. The number of hydrogen-bond acceptors (Lipinski definition) is 3. The van der Waals surface area contributed by atoms with Gasteiger partial charge in [0.2, 0.25) is 5.95 Å². The predicted octanol–water partition coefficient (Wildman–Crippen LogP) is 5.24. The van der Waals surface area contributed by atoms with Crippen molar-refractivity contribution in [1.29, 1.82) is 0 Å². The monoisotopic (exact) mass is 444 g/mol. The molecule has 3 rings (SSSR count). The van der Waals surface area contributed by atoms with Crippen LogP contribution in [0.25, 0.3) is 0 Å². The SMILES string of the molecule is Cc1cc(CCc2ccc(C(F)(F)F)nc2)ccc1C/N=C(/c1ccc(F)nc1)N(C)C. The average molecular weight is 444 g/mol. The highest BCUT2D eigenvalue weighted by Crippen LogP contribution is 2.27. The molecule has 0 spiro atoms. The Labute approximate surface area is 184 Å². The number of halogens is 4. The molecule has 0 aliphatic rings. The van der Waals surface area contributed by atoms with E-state index >= 15 is 0 Å². The summed E-state index contributed by atoms with van der Waals surface area (Å²) in [6.07, 6.45) is -0.383. The summed E-state index contributed by atoms with van der Waals surface area (Å²) >= 11 is 0. The highest BCUT2D eigenvalue weighted by atomic mass is 19.4. The van der Waals surface area contributed by atoms with E-state index in [0.29, 0.717) is 25.2 Å². The van der Waals surface area contributed by atoms with E-state index in [0.717, 1.165) is 33.9 Å². The smallest absolute Gasteiger partial charge is 0.362 e. The summed E-state index contributed by atoms with van der Waals surface area (Å²) in [5.74, 6) is 0.168. The number of nitrogens with zero attached hydrogens (tertiary/aromatic N) is 4. The maximum atomic E-state index is 13.1. The van der Waals surface area contributed by atoms with Crippen molar-refractivity contribution in [2.75, 3.05) is 14.1 Å². The first-order valence-corrected chi connectivity index (χ1v) is 10.1. The van der Waals surface area contributed by atoms with Gasteiger partial charge in [-0.3, -0.25) is 9.98 Å². The lowest BCUT2D eigenvalue weighted by atomic mass is 10.0. The molecule has 0 bridgehead atoms. The van der Waals surface area contributed by atoms with E-state index in [1.165, 1.54) is 24.5 Å². The summed E-state index contributed by atoms with van der Waals surface area (Å²) in [6, 6.07) is 11.5. The van der Waals surface area contributed by atoms with Crippen LogP contribution in [0.15, 0.2) is 59.9 Å². The molecule has 0 atom stereocenters. The Morgan fingerprint density at radius 2 is 1.66 bits per heavy atom. The minimum absolute atomic E-state index is 0.458. The molecule has 1 aromatic carbocycles. The van der Waals surface area contributed by atoms with E-state index in [1.54, 1.807) is 6.07 Å². The fraction of sp³-hybridized carbons (Fsp3) is 0.292. The van der Waals surface area contributed by atoms with Crippen molar-refractivity contribution in [3.05, 3.63) is 94.3 Å². The number of benzene rings is 1. The van der Waals surface area contributed by atoms with Gasteiger partial charge in [0.05, 0.1) is 6.54 Å². The molecule has 2 heterocycles. The topological polar surface area (TPSA) is 41.4 Å². The van der Waals surface area contributed by atoms with Crippen LogP contribution in [0, 0.1) is 12.9 Å². The van der Waals surface area contributed by atoms with Gasteiger partial charge >= 0.3 is 6.18 Å². The third kappa shape index (κ3) is 6.12. The lowest BCUT2D eigenvalue weighted by molar-refractivity contribution is -0.141. The van der Waals surface area contributed by atoms with Crippen LogP contribution in [-0.2, 0) is 25.6 Å². The van der Waals surface area contributed by atoms with Gasteiger partial charge < -0.3 is 4.90 Å². The molecule has 0 saturated carbocycles. The Balaban J connectivity index is 1.66. The van der Waals surface area contributed by atoms with Gasteiger partial charge in [0, 0.05) is 32.1 Å². The van der Waals surface area contributed by atoms with Crippen molar-refractivity contribution >= 4 is 5.84 Å². The van der Waals surface area contributed by atoms with Crippen molar-refractivity contribution in [1.82, 2.24) is 14.9 Å². The molecule has 0 radical (unpaired) electrons. The summed E-state index contributed by atoms with van der Waals surface area (Å²) in [6.45, 7) is 2.46. The summed E-state index contributed by atoms with van der Waals surface area (Å²) < 4.78 is 51.0. The van der Waals surface area contributed by atoms with E-state index in [2.05, 4.69) is 21.0 Å². The van der Waals surface area contributed by atoms with Gasteiger partial charge in [0.1, 0.15) is 11.5 Å². The fourth-order valence-corrected chi connectivity index (χ4v) is 3.28. The van der Waals surface area contributed by atoms with Crippen LogP contribution < -0.4 is 0 Å².